The van der Waals surface area contributed by atoms with Gasteiger partial charge in [0.15, 0.2) is 18.1 Å². The van der Waals surface area contributed by atoms with E-state index in [0.29, 0.717) is 52.4 Å². The van der Waals surface area contributed by atoms with Gasteiger partial charge in [0.25, 0.3) is 0 Å². The summed E-state index contributed by atoms with van der Waals surface area (Å²) >= 11 is 0. The van der Waals surface area contributed by atoms with Crippen molar-refractivity contribution >= 4 is 11.5 Å². The van der Waals surface area contributed by atoms with Gasteiger partial charge in [-0.3, -0.25) is 4.79 Å². The number of aryl methyl sites for hydroxylation is 1. The maximum absolute atomic E-state index is 12.8. The Kier molecular flexibility index (Phi) is 7.50. The lowest BCUT2D eigenvalue weighted by molar-refractivity contribution is -0.167. The molecule has 1 amide bonds. The Morgan fingerprint density at radius 2 is 1.85 bits per heavy atom. The number of halogens is 3. The van der Waals surface area contributed by atoms with Crippen LogP contribution in [0.3, 0.4) is 0 Å². The number of carbonyl (C=O) groups excluding carboxylic acids is 1. The van der Waals surface area contributed by atoms with Gasteiger partial charge in [-0.25, -0.2) is 0 Å². The van der Waals surface area contributed by atoms with E-state index in [0.717, 1.165) is 5.56 Å². The van der Waals surface area contributed by atoms with Gasteiger partial charge in [-0.2, -0.15) is 13.2 Å². The number of rotatable bonds is 6. The molecule has 3 rings (SSSR count). The van der Waals surface area contributed by atoms with Gasteiger partial charge >= 0.3 is 6.18 Å². The van der Waals surface area contributed by atoms with Gasteiger partial charge in [-0.1, -0.05) is 0 Å². The van der Waals surface area contributed by atoms with Crippen LogP contribution < -0.4 is 19.5 Å². The van der Waals surface area contributed by atoms with Gasteiger partial charge in [0, 0.05) is 12.5 Å². The number of aliphatic hydroxyl groups is 1. The van der Waals surface area contributed by atoms with Crippen molar-refractivity contribution in [1.29, 1.82) is 0 Å². The highest BCUT2D eigenvalue weighted by atomic mass is 19.4. The van der Waals surface area contributed by atoms with Crippen molar-refractivity contribution in [3.8, 4) is 17.2 Å². The Bertz CT molecular complexity index is 1060. The first-order valence-corrected chi connectivity index (χ1v) is 10.6. The number of nitrogens with one attached hydrogen (secondary N) is 1. The van der Waals surface area contributed by atoms with E-state index in [9.17, 15) is 23.1 Å². The topological polar surface area (TPSA) is 86.2 Å². The highest BCUT2D eigenvalue weighted by molar-refractivity contribution is 5.90. The summed E-state index contributed by atoms with van der Waals surface area (Å²) in [7, 11) is 4.45. The van der Waals surface area contributed by atoms with E-state index in [1.165, 1.54) is 34.3 Å². The Morgan fingerprint density at radius 1 is 1.18 bits per heavy atom. The molecule has 1 aromatic carbocycles. The fourth-order valence-electron chi connectivity index (χ4n) is 4.37. The van der Waals surface area contributed by atoms with Crippen molar-refractivity contribution in [2.75, 3.05) is 27.9 Å². The summed E-state index contributed by atoms with van der Waals surface area (Å²) in [4.78, 5) is 12.0. The van der Waals surface area contributed by atoms with Crippen LogP contribution in [0.15, 0.2) is 35.1 Å². The van der Waals surface area contributed by atoms with Crippen LogP contribution in [0, 0.1) is 0 Å². The highest BCUT2D eigenvalue weighted by Crippen LogP contribution is 2.49. The first-order valence-electron chi connectivity index (χ1n) is 10.6. The lowest BCUT2D eigenvalue weighted by Crippen LogP contribution is -2.35. The molecule has 10 heteroatoms. The zero-order chi connectivity index (χ0) is 25.2. The number of carbonyl (C=O) groups is 1. The van der Waals surface area contributed by atoms with E-state index in [1.807, 2.05) is 6.07 Å². The molecule has 0 unspecified atom stereocenters. The zero-order valence-electron chi connectivity index (χ0n) is 19.6. The SMILES string of the molecule is COc1cc2c(c(OC)c1OC)C1=CC(C)=C(OCC(F)(F)F)[C@@H](O)C=C1[C@@H](NC(C)=O)CC2. The molecule has 0 saturated heterocycles. The predicted octanol–water partition coefficient (Wildman–Crippen LogP) is 3.70. The lowest BCUT2D eigenvalue weighted by atomic mass is 9.90. The molecule has 2 aliphatic rings. The quantitative estimate of drug-likeness (QED) is 0.642. The molecule has 0 radical (unpaired) electrons. The van der Waals surface area contributed by atoms with Crippen LogP contribution in [0.25, 0.3) is 5.57 Å². The van der Waals surface area contributed by atoms with Crippen LogP contribution in [0.1, 0.15) is 31.4 Å². The van der Waals surface area contributed by atoms with Crippen LogP contribution in [-0.4, -0.2) is 57.3 Å². The fraction of sp³-hybridized carbons (Fsp3) is 0.458. The van der Waals surface area contributed by atoms with Crippen LogP contribution >= 0.6 is 0 Å². The average Bonchev–Trinajstić information content (AvgIpc) is 2.96. The summed E-state index contributed by atoms with van der Waals surface area (Å²) in [5, 5.41) is 13.7. The Morgan fingerprint density at radius 3 is 2.41 bits per heavy atom. The van der Waals surface area contributed by atoms with Crippen LogP contribution in [0.2, 0.25) is 0 Å². The largest absolute Gasteiger partial charge is 0.493 e. The first kappa shape index (κ1) is 25.5. The molecule has 2 atom stereocenters. The summed E-state index contributed by atoms with van der Waals surface area (Å²) in [6.45, 7) is 1.40. The number of alkyl halides is 3. The third-order valence-electron chi connectivity index (χ3n) is 5.69. The van der Waals surface area contributed by atoms with Crippen molar-refractivity contribution in [2.24, 2.45) is 0 Å². The van der Waals surface area contributed by atoms with Crippen molar-refractivity contribution < 1.29 is 42.0 Å². The minimum Gasteiger partial charge on any atom is -0.493 e. The van der Waals surface area contributed by atoms with E-state index >= 15 is 0 Å². The molecule has 0 heterocycles. The van der Waals surface area contributed by atoms with Crippen molar-refractivity contribution in [3.63, 3.8) is 0 Å². The lowest BCUT2D eigenvalue weighted by Gasteiger charge is -2.23. The van der Waals surface area contributed by atoms with Gasteiger partial charge in [0.1, 0.15) is 11.9 Å². The minimum absolute atomic E-state index is 0.215. The number of hydrogen-bond acceptors (Lipinski definition) is 6. The number of amides is 1. The predicted molar refractivity (Wildman–Crippen MR) is 119 cm³/mol. The molecule has 186 valence electrons. The van der Waals surface area contributed by atoms with Gasteiger partial charge < -0.3 is 29.4 Å². The normalized spacial score (nSPS) is 20.1. The van der Waals surface area contributed by atoms with Gasteiger partial charge in [0.2, 0.25) is 11.7 Å². The van der Waals surface area contributed by atoms with Crippen molar-refractivity contribution in [2.45, 2.75) is 45.0 Å². The van der Waals surface area contributed by atoms with Crippen LogP contribution in [0.5, 0.6) is 17.2 Å². The number of aliphatic hydroxyl groups excluding tert-OH is 1. The summed E-state index contributed by atoms with van der Waals surface area (Å²) in [6.07, 6.45) is -1.96. The highest BCUT2D eigenvalue weighted by Gasteiger charge is 2.35. The molecule has 2 N–H and O–H groups in total. The van der Waals surface area contributed by atoms with Gasteiger partial charge in [-0.15, -0.1) is 0 Å². The second kappa shape index (κ2) is 10.0. The standard InChI is InChI=1S/C24H28F3NO6/c1-12-8-16-15(10-18(30)21(12)34-11-24(25,26)27)17(28-13(2)29)7-6-14-9-19(31-3)22(32-4)23(33-5)20(14)16/h8-10,17-18,30H,6-7,11H2,1-5H3,(H,28,29)/t17-,18-/m0/s1. The average molecular weight is 483 g/mol. The van der Waals surface area contributed by atoms with Gasteiger partial charge in [-0.05, 0) is 60.3 Å². The molecule has 1 aromatic rings. The minimum atomic E-state index is -4.57. The molecule has 0 bridgehead atoms. The fourth-order valence-corrected chi connectivity index (χ4v) is 4.37. The summed E-state index contributed by atoms with van der Waals surface area (Å²) < 4.78 is 60.2. The third-order valence-corrected chi connectivity index (χ3v) is 5.69. The van der Waals surface area contributed by atoms with Crippen LogP contribution in [0.4, 0.5) is 13.2 Å². The van der Waals surface area contributed by atoms with E-state index in [2.05, 4.69) is 5.32 Å². The Labute approximate surface area is 195 Å². The molecule has 7 nitrogen and oxygen atoms in total. The van der Waals surface area contributed by atoms with Crippen LogP contribution in [-0.2, 0) is 16.0 Å². The van der Waals surface area contributed by atoms with E-state index < -0.39 is 24.9 Å². The number of methoxy groups -OCH3 is 3. The third kappa shape index (κ3) is 5.16. The zero-order valence-corrected chi connectivity index (χ0v) is 19.6. The molecule has 0 spiro atoms. The number of hydrogen-bond donors (Lipinski definition) is 2. The molecular formula is C24H28F3NO6. The van der Waals surface area contributed by atoms with E-state index in [-0.39, 0.29) is 11.7 Å². The number of benzene rings is 1. The first-order chi connectivity index (χ1) is 16.0. The summed E-state index contributed by atoms with van der Waals surface area (Å²) in [5.41, 5.74) is 2.90. The molecule has 0 aromatic heterocycles. The maximum atomic E-state index is 12.8. The Balaban J connectivity index is 2.29. The van der Waals surface area contributed by atoms with Crippen molar-refractivity contribution in [3.05, 3.63) is 46.3 Å². The smallest absolute Gasteiger partial charge is 0.422 e. The Hall–Kier alpha value is -3.14. The molecule has 0 aliphatic heterocycles. The van der Waals surface area contributed by atoms with Gasteiger partial charge in [0.05, 0.1) is 27.4 Å². The molecule has 2 aliphatic carbocycles. The monoisotopic (exact) mass is 483 g/mol. The second-order valence-electron chi connectivity index (χ2n) is 8.05. The van der Waals surface area contributed by atoms with E-state index in [1.54, 1.807) is 13.0 Å². The molecule has 0 saturated carbocycles. The number of allylic oxidation sites excluding steroid dienone is 2. The molecular weight excluding hydrogens is 455 g/mol. The number of fused-ring (bicyclic) bond motifs is 3. The van der Waals surface area contributed by atoms with E-state index in [4.69, 9.17) is 18.9 Å². The summed E-state index contributed by atoms with van der Waals surface area (Å²) in [5.74, 6) is 0.682. The summed E-state index contributed by atoms with van der Waals surface area (Å²) in [6, 6.07) is 1.30. The maximum Gasteiger partial charge on any atom is 0.422 e. The molecule has 0 fully saturated rings. The van der Waals surface area contributed by atoms with Crippen molar-refractivity contribution in [1.82, 2.24) is 5.32 Å². The molecule has 34 heavy (non-hydrogen) atoms. The number of ether oxygens (including phenoxy) is 4. The second-order valence-corrected chi connectivity index (χ2v) is 8.05.